The van der Waals surface area contributed by atoms with Gasteiger partial charge in [0, 0.05) is 17.9 Å². The summed E-state index contributed by atoms with van der Waals surface area (Å²) >= 11 is 0. The molecule has 1 aromatic carbocycles. The molecule has 5 nitrogen and oxygen atoms in total. The minimum Gasteiger partial charge on any atom is -0.422 e. The number of aromatic nitrogens is 1. The Kier molecular flexibility index (Phi) is 5.76. The summed E-state index contributed by atoms with van der Waals surface area (Å²) in [5.74, 6) is -0.422. The quantitative estimate of drug-likeness (QED) is 0.360. The van der Waals surface area contributed by atoms with Crippen LogP contribution < -0.4 is 4.74 Å². The third kappa shape index (κ3) is 4.16. The minimum absolute atomic E-state index is 0.0684. The van der Waals surface area contributed by atoms with Crippen LogP contribution in [0.4, 0.5) is 0 Å². The molecule has 1 aromatic heterocycles. The molecule has 0 spiro atoms. The van der Waals surface area contributed by atoms with Gasteiger partial charge in [-0.15, -0.1) is 0 Å². The molecule has 0 aliphatic heterocycles. The van der Waals surface area contributed by atoms with E-state index in [-0.39, 0.29) is 5.57 Å². The molecular formula is C20H19N3O2. The summed E-state index contributed by atoms with van der Waals surface area (Å²) in [4.78, 5) is 12.2. The average Bonchev–Trinajstić information content (AvgIpc) is 2.88. The fourth-order valence-corrected chi connectivity index (χ4v) is 2.59. The van der Waals surface area contributed by atoms with Crippen LogP contribution in [0.5, 0.6) is 5.75 Å². The smallest absolute Gasteiger partial charge is 0.354 e. The van der Waals surface area contributed by atoms with Crippen LogP contribution >= 0.6 is 0 Å². The van der Waals surface area contributed by atoms with E-state index in [1.54, 1.807) is 18.2 Å². The van der Waals surface area contributed by atoms with Gasteiger partial charge in [-0.05, 0) is 62.2 Å². The van der Waals surface area contributed by atoms with E-state index in [1.807, 2.05) is 32.1 Å². The van der Waals surface area contributed by atoms with E-state index in [9.17, 15) is 10.1 Å². The largest absolute Gasteiger partial charge is 0.422 e. The third-order valence-electron chi connectivity index (χ3n) is 3.89. The van der Waals surface area contributed by atoms with Crippen molar-refractivity contribution in [3.63, 3.8) is 0 Å². The van der Waals surface area contributed by atoms with Gasteiger partial charge < -0.3 is 9.30 Å². The number of carbonyl (C=O) groups excluding carboxylic acids is 1. The number of benzene rings is 1. The zero-order valence-corrected chi connectivity index (χ0v) is 14.5. The second kappa shape index (κ2) is 7.99. The lowest BCUT2D eigenvalue weighted by atomic mass is 10.1. The van der Waals surface area contributed by atoms with Crippen LogP contribution in [-0.4, -0.2) is 10.5 Å². The van der Waals surface area contributed by atoms with Crippen LogP contribution in [0.2, 0.25) is 0 Å². The van der Waals surface area contributed by atoms with Crippen molar-refractivity contribution in [1.29, 1.82) is 10.5 Å². The number of ether oxygens (including phenoxy) is 1. The first kappa shape index (κ1) is 18.0. The summed E-state index contributed by atoms with van der Waals surface area (Å²) in [6.45, 7) is 6.96. The van der Waals surface area contributed by atoms with Gasteiger partial charge in [-0.1, -0.05) is 6.92 Å². The highest BCUT2D eigenvalue weighted by atomic mass is 16.5. The minimum atomic E-state index is -0.715. The van der Waals surface area contributed by atoms with Crippen LogP contribution in [0.15, 0.2) is 35.9 Å². The average molecular weight is 333 g/mol. The lowest BCUT2D eigenvalue weighted by molar-refractivity contribution is -0.129. The van der Waals surface area contributed by atoms with Gasteiger partial charge in [-0.2, -0.15) is 10.5 Å². The van der Waals surface area contributed by atoms with Gasteiger partial charge in [0.05, 0.1) is 11.6 Å². The van der Waals surface area contributed by atoms with E-state index in [1.165, 1.54) is 12.1 Å². The summed E-state index contributed by atoms with van der Waals surface area (Å²) < 4.78 is 7.38. The molecule has 0 bridgehead atoms. The molecule has 2 aromatic rings. The van der Waals surface area contributed by atoms with Crippen molar-refractivity contribution in [3.8, 4) is 17.9 Å². The summed E-state index contributed by atoms with van der Waals surface area (Å²) in [5.41, 5.74) is 3.33. The van der Waals surface area contributed by atoms with Crippen molar-refractivity contribution in [1.82, 2.24) is 4.57 Å². The van der Waals surface area contributed by atoms with E-state index in [0.717, 1.165) is 29.9 Å². The molecule has 0 saturated carbocycles. The Morgan fingerprint density at radius 3 is 2.48 bits per heavy atom. The van der Waals surface area contributed by atoms with Crippen molar-refractivity contribution in [2.75, 3.05) is 0 Å². The highest BCUT2D eigenvalue weighted by molar-refractivity contribution is 5.99. The normalized spacial score (nSPS) is 10.8. The Labute approximate surface area is 147 Å². The fourth-order valence-electron chi connectivity index (χ4n) is 2.59. The van der Waals surface area contributed by atoms with Crippen LogP contribution in [-0.2, 0) is 11.3 Å². The maximum atomic E-state index is 12.2. The summed E-state index contributed by atoms with van der Waals surface area (Å²) in [7, 11) is 0. The number of carbonyl (C=O) groups is 1. The zero-order chi connectivity index (χ0) is 18.4. The van der Waals surface area contributed by atoms with Gasteiger partial charge >= 0.3 is 5.97 Å². The second-order valence-corrected chi connectivity index (χ2v) is 5.67. The van der Waals surface area contributed by atoms with Gasteiger partial charge in [0.1, 0.15) is 17.4 Å². The predicted molar refractivity (Wildman–Crippen MR) is 94.6 cm³/mol. The Hall–Kier alpha value is -3.31. The SMILES string of the molecule is CCCn1c(C)cc(/C=C(/C#N)C(=O)Oc2ccc(C#N)cc2)c1C. The second-order valence-electron chi connectivity index (χ2n) is 5.67. The molecule has 0 radical (unpaired) electrons. The Bertz CT molecular complexity index is 891. The molecule has 0 saturated heterocycles. The molecule has 126 valence electrons. The first-order chi connectivity index (χ1) is 12.0. The number of aryl methyl sites for hydroxylation is 1. The first-order valence-corrected chi connectivity index (χ1v) is 8.01. The summed E-state index contributed by atoms with van der Waals surface area (Å²) in [6.07, 6.45) is 2.56. The fraction of sp³-hybridized carbons (Fsp3) is 0.250. The lowest BCUT2D eigenvalue weighted by Crippen LogP contribution is -2.10. The molecule has 0 fully saturated rings. The number of rotatable bonds is 5. The predicted octanol–water partition coefficient (Wildman–Crippen LogP) is 3.90. The number of esters is 1. The Morgan fingerprint density at radius 2 is 1.92 bits per heavy atom. The van der Waals surface area contributed by atoms with Crippen LogP contribution in [0.25, 0.3) is 6.08 Å². The first-order valence-electron chi connectivity index (χ1n) is 8.01. The Balaban J connectivity index is 2.25. The van der Waals surface area contributed by atoms with Crippen LogP contribution in [0.3, 0.4) is 0 Å². The van der Waals surface area contributed by atoms with E-state index in [0.29, 0.717) is 11.3 Å². The maximum absolute atomic E-state index is 12.2. The Morgan fingerprint density at radius 1 is 1.24 bits per heavy atom. The van der Waals surface area contributed by atoms with E-state index in [2.05, 4.69) is 11.5 Å². The highest BCUT2D eigenvalue weighted by Gasteiger charge is 2.14. The molecule has 0 unspecified atom stereocenters. The van der Waals surface area contributed by atoms with Crippen molar-refractivity contribution in [2.24, 2.45) is 0 Å². The van der Waals surface area contributed by atoms with Gasteiger partial charge in [0.25, 0.3) is 0 Å². The molecule has 5 heteroatoms. The molecule has 0 aliphatic carbocycles. The number of nitriles is 2. The molecule has 0 N–H and O–H groups in total. The summed E-state index contributed by atoms with van der Waals surface area (Å²) in [5, 5.41) is 18.1. The van der Waals surface area contributed by atoms with Crippen molar-refractivity contribution >= 4 is 12.0 Å². The maximum Gasteiger partial charge on any atom is 0.354 e. The van der Waals surface area contributed by atoms with Gasteiger partial charge in [0.2, 0.25) is 0 Å². The number of nitrogens with zero attached hydrogens (tertiary/aromatic N) is 3. The lowest BCUT2D eigenvalue weighted by Gasteiger charge is -2.07. The monoisotopic (exact) mass is 333 g/mol. The molecule has 1 heterocycles. The van der Waals surface area contributed by atoms with E-state index in [4.69, 9.17) is 10.00 Å². The molecule has 0 amide bonds. The van der Waals surface area contributed by atoms with Crippen molar-refractivity contribution in [3.05, 3.63) is 58.4 Å². The van der Waals surface area contributed by atoms with Gasteiger partial charge in [-0.25, -0.2) is 4.79 Å². The zero-order valence-electron chi connectivity index (χ0n) is 14.5. The van der Waals surface area contributed by atoms with E-state index >= 15 is 0 Å². The summed E-state index contributed by atoms with van der Waals surface area (Å²) in [6, 6.07) is 12.0. The molecule has 0 atom stereocenters. The highest BCUT2D eigenvalue weighted by Crippen LogP contribution is 2.20. The van der Waals surface area contributed by atoms with Gasteiger partial charge in [0.15, 0.2) is 0 Å². The standard InChI is InChI=1S/C20H19N3O2/c1-4-9-23-14(2)10-17(15(23)3)11-18(13-22)20(24)25-19-7-5-16(12-21)6-8-19/h5-8,10-11H,4,9H2,1-3H3/b18-11-. The molecule has 0 aliphatic rings. The van der Waals surface area contributed by atoms with Crippen LogP contribution in [0.1, 0.15) is 35.9 Å². The van der Waals surface area contributed by atoms with Gasteiger partial charge in [-0.3, -0.25) is 0 Å². The van der Waals surface area contributed by atoms with Crippen LogP contribution in [0, 0.1) is 36.5 Å². The topological polar surface area (TPSA) is 78.8 Å². The van der Waals surface area contributed by atoms with Crippen molar-refractivity contribution in [2.45, 2.75) is 33.7 Å². The van der Waals surface area contributed by atoms with E-state index < -0.39 is 5.97 Å². The third-order valence-corrected chi connectivity index (χ3v) is 3.89. The molecular weight excluding hydrogens is 314 g/mol. The van der Waals surface area contributed by atoms with Crippen molar-refractivity contribution < 1.29 is 9.53 Å². The molecule has 25 heavy (non-hydrogen) atoms. The number of hydrogen-bond donors (Lipinski definition) is 0. The number of hydrogen-bond acceptors (Lipinski definition) is 4. The molecule has 2 rings (SSSR count).